The van der Waals surface area contributed by atoms with Crippen molar-refractivity contribution >= 4 is 17.2 Å². The summed E-state index contributed by atoms with van der Waals surface area (Å²) in [5.41, 5.74) is 4.02. The number of benzene rings is 1. The van der Waals surface area contributed by atoms with Gasteiger partial charge in [0.25, 0.3) is 0 Å². The summed E-state index contributed by atoms with van der Waals surface area (Å²) in [5, 5.41) is 0. The molecule has 2 unspecified atom stereocenters. The van der Waals surface area contributed by atoms with E-state index >= 15 is 0 Å². The predicted octanol–water partition coefficient (Wildman–Crippen LogP) is 3.56. The molecule has 4 aliphatic rings. The molecule has 1 aromatic carbocycles. The maximum Gasteiger partial charge on any atom is 0.132 e. The van der Waals surface area contributed by atoms with Crippen LogP contribution in [-0.2, 0) is 0 Å². The van der Waals surface area contributed by atoms with Crippen molar-refractivity contribution in [3.8, 4) is 5.75 Å². The Hall–Kier alpha value is -2.47. The van der Waals surface area contributed by atoms with E-state index < -0.39 is 0 Å². The summed E-state index contributed by atoms with van der Waals surface area (Å²) in [6, 6.07) is 9.42. The third kappa shape index (κ3) is 2.92. The van der Waals surface area contributed by atoms with Gasteiger partial charge in [-0.2, -0.15) is 0 Å². The van der Waals surface area contributed by atoms with E-state index in [1.807, 2.05) is 12.1 Å². The lowest BCUT2D eigenvalue weighted by molar-refractivity contribution is 0.193. The molecule has 2 saturated heterocycles. The molecular weight excluding hydrogens is 362 g/mol. The zero-order chi connectivity index (χ0) is 19.6. The van der Waals surface area contributed by atoms with Crippen molar-refractivity contribution in [2.24, 2.45) is 4.99 Å². The summed E-state index contributed by atoms with van der Waals surface area (Å²) < 4.78 is 6.14. The number of aliphatic imine (C=N–C) groups is 1. The van der Waals surface area contributed by atoms with Crippen LogP contribution in [0.15, 0.2) is 35.6 Å². The molecule has 0 spiro atoms. The van der Waals surface area contributed by atoms with Crippen LogP contribution in [-0.4, -0.2) is 57.9 Å². The first-order valence-corrected chi connectivity index (χ1v) is 10.8. The number of anilines is 1. The molecule has 0 amide bonds. The molecule has 1 aliphatic carbocycles. The SMILES string of the molecule is CC1C2CCCN2CCN1c1cc(C2=Nc3ccc(OC4(C)CC4)cc32)ncn1. The van der Waals surface area contributed by atoms with E-state index in [2.05, 4.69) is 45.7 Å². The van der Waals surface area contributed by atoms with Crippen molar-refractivity contribution in [3.63, 3.8) is 0 Å². The molecule has 0 bridgehead atoms. The van der Waals surface area contributed by atoms with Crippen LogP contribution in [0.3, 0.4) is 0 Å². The number of piperazine rings is 1. The average Bonchev–Trinajstić information content (AvgIpc) is 3.23. The molecule has 3 aliphatic heterocycles. The van der Waals surface area contributed by atoms with Crippen LogP contribution in [0.4, 0.5) is 11.5 Å². The van der Waals surface area contributed by atoms with Gasteiger partial charge in [-0.3, -0.25) is 4.90 Å². The van der Waals surface area contributed by atoms with Crippen LogP contribution in [0.5, 0.6) is 5.75 Å². The van der Waals surface area contributed by atoms with Crippen molar-refractivity contribution in [2.45, 2.75) is 57.2 Å². The second-order valence-electron chi connectivity index (χ2n) is 9.13. The van der Waals surface area contributed by atoms with E-state index in [9.17, 15) is 0 Å². The Balaban J connectivity index is 1.26. The second-order valence-corrected chi connectivity index (χ2v) is 9.13. The Morgan fingerprint density at radius 3 is 2.86 bits per heavy atom. The minimum atomic E-state index is 0.0237. The Labute approximate surface area is 171 Å². The van der Waals surface area contributed by atoms with Crippen molar-refractivity contribution < 1.29 is 4.74 Å². The van der Waals surface area contributed by atoms with Crippen molar-refractivity contribution in [3.05, 3.63) is 41.9 Å². The fraction of sp³-hybridized carbons (Fsp3) is 0.522. The van der Waals surface area contributed by atoms with Crippen LogP contribution in [0.2, 0.25) is 0 Å². The zero-order valence-electron chi connectivity index (χ0n) is 17.1. The highest BCUT2D eigenvalue weighted by molar-refractivity contribution is 6.21. The molecule has 2 aromatic rings. The molecule has 1 saturated carbocycles. The number of hydrogen-bond acceptors (Lipinski definition) is 6. The van der Waals surface area contributed by atoms with Crippen molar-refractivity contribution in [1.29, 1.82) is 0 Å². The Bertz CT molecular complexity index is 999. The predicted molar refractivity (Wildman–Crippen MR) is 113 cm³/mol. The molecule has 6 rings (SSSR count). The monoisotopic (exact) mass is 389 g/mol. The first-order valence-electron chi connectivity index (χ1n) is 10.8. The molecule has 6 nitrogen and oxygen atoms in total. The molecule has 29 heavy (non-hydrogen) atoms. The molecule has 6 heteroatoms. The number of aromatic nitrogens is 2. The highest BCUT2D eigenvalue weighted by Crippen LogP contribution is 2.42. The Kier molecular flexibility index (Phi) is 3.76. The smallest absolute Gasteiger partial charge is 0.132 e. The van der Waals surface area contributed by atoms with Gasteiger partial charge in [0, 0.05) is 36.8 Å². The van der Waals surface area contributed by atoms with Gasteiger partial charge in [-0.1, -0.05) is 0 Å². The van der Waals surface area contributed by atoms with Gasteiger partial charge in [-0.05, 0) is 64.3 Å². The number of nitrogens with zero attached hydrogens (tertiary/aromatic N) is 5. The number of rotatable bonds is 4. The van der Waals surface area contributed by atoms with Gasteiger partial charge in [-0.15, -0.1) is 0 Å². The first-order chi connectivity index (χ1) is 14.1. The van der Waals surface area contributed by atoms with Gasteiger partial charge in [0.2, 0.25) is 0 Å². The molecule has 0 radical (unpaired) electrons. The zero-order valence-corrected chi connectivity index (χ0v) is 17.1. The maximum atomic E-state index is 6.14. The van der Waals surface area contributed by atoms with E-state index in [0.717, 1.165) is 60.2 Å². The van der Waals surface area contributed by atoms with E-state index in [-0.39, 0.29) is 5.60 Å². The Morgan fingerprint density at radius 1 is 1.10 bits per heavy atom. The summed E-state index contributed by atoms with van der Waals surface area (Å²) >= 11 is 0. The number of fused-ring (bicyclic) bond motifs is 2. The fourth-order valence-corrected chi connectivity index (χ4v) is 5.03. The summed E-state index contributed by atoms with van der Waals surface area (Å²) in [7, 11) is 0. The van der Waals surface area contributed by atoms with Gasteiger partial charge < -0.3 is 9.64 Å². The highest BCUT2D eigenvalue weighted by atomic mass is 16.5. The summed E-state index contributed by atoms with van der Waals surface area (Å²) in [6.45, 7) is 7.89. The van der Waals surface area contributed by atoms with E-state index in [1.165, 1.54) is 19.4 Å². The normalized spacial score (nSPS) is 27.0. The summed E-state index contributed by atoms with van der Waals surface area (Å²) in [6.07, 6.45) is 6.55. The minimum Gasteiger partial charge on any atom is -0.488 e. The van der Waals surface area contributed by atoms with Crippen molar-refractivity contribution in [2.75, 3.05) is 24.5 Å². The average molecular weight is 390 g/mol. The van der Waals surface area contributed by atoms with E-state index in [4.69, 9.17) is 9.73 Å². The molecule has 0 N–H and O–H groups in total. The van der Waals surface area contributed by atoms with Crippen LogP contribution in [0.1, 0.15) is 50.8 Å². The minimum absolute atomic E-state index is 0.0237. The lowest BCUT2D eigenvalue weighted by atomic mass is 9.98. The first kappa shape index (κ1) is 17.4. The quantitative estimate of drug-likeness (QED) is 0.683. The maximum absolute atomic E-state index is 6.14. The number of hydrogen-bond donors (Lipinski definition) is 0. The molecule has 150 valence electrons. The lowest BCUT2D eigenvalue weighted by Crippen LogP contribution is -2.56. The summed E-state index contributed by atoms with van der Waals surface area (Å²) in [5.74, 6) is 1.94. The highest BCUT2D eigenvalue weighted by Gasteiger charge is 2.40. The molecule has 3 fully saturated rings. The molecule has 2 atom stereocenters. The summed E-state index contributed by atoms with van der Waals surface area (Å²) in [4.78, 5) is 19.0. The van der Waals surface area contributed by atoms with E-state index in [0.29, 0.717) is 12.1 Å². The number of ether oxygens (including phenoxy) is 1. The lowest BCUT2D eigenvalue weighted by Gasteiger charge is -2.43. The van der Waals surface area contributed by atoms with Crippen LogP contribution in [0, 0.1) is 0 Å². The van der Waals surface area contributed by atoms with Crippen LogP contribution in [0.25, 0.3) is 0 Å². The van der Waals surface area contributed by atoms with Gasteiger partial charge >= 0.3 is 0 Å². The van der Waals surface area contributed by atoms with Gasteiger partial charge in [-0.25, -0.2) is 15.0 Å². The van der Waals surface area contributed by atoms with Gasteiger partial charge in [0.1, 0.15) is 23.5 Å². The molecule has 1 aromatic heterocycles. The van der Waals surface area contributed by atoms with E-state index in [1.54, 1.807) is 6.33 Å². The fourth-order valence-electron chi connectivity index (χ4n) is 5.03. The Morgan fingerprint density at radius 2 is 2.00 bits per heavy atom. The second kappa shape index (κ2) is 6.26. The van der Waals surface area contributed by atoms with Gasteiger partial charge in [0.05, 0.1) is 17.1 Å². The largest absolute Gasteiger partial charge is 0.488 e. The standard InChI is InChI=1S/C23H27N5O/c1-15-20-4-3-9-27(20)10-11-28(15)21-13-19(24-14-25-21)22-17-12-16(5-6-18(17)26-22)29-23(2)7-8-23/h5-6,12-15,20H,3-4,7-11H2,1-2H3. The molecular formula is C23H27N5O. The van der Waals surface area contributed by atoms with Crippen LogP contribution >= 0.6 is 0 Å². The molecule has 4 heterocycles. The van der Waals surface area contributed by atoms with Crippen molar-refractivity contribution in [1.82, 2.24) is 14.9 Å². The van der Waals surface area contributed by atoms with Gasteiger partial charge in [0.15, 0.2) is 0 Å². The third-order valence-electron chi connectivity index (χ3n) is 7.05. The van der Waals surface area contributed by atoms with Crippen LogP contribution < -0.4 is 9.64 Å². The topological polar surface area (TPSA) is 53.9 Å². The third-order valence-corrected chi connectivity index (χ3v) is 7.05.